The summed E-state index contributed by atoms with van der Waals surface area (Å²) in [6.07, 6.45) is -1.29. The van der Waals surface area contributed by atoms with Crippen LogP contribution in [0.4, 0.5) is 4.39 Å². The van der Waals surface area contributed by atoms with E-state index >= 15 is 0 Å². The van der Waals surface area contributed by atoms with Gasteiger partial charge in [-0.2, -0.15) is 0 Å². The third-order valence-corrected chi connectivity index (χ3v) is 2.31. The van der Waals surface area contributed by atoms with E-state index in [1.807, 2.05) is 0 Å². The summed E-state index contributed by atoms with van der Waals surface area (Å²) >= 11 is 0. The third-order valence-electron chi connectivity index (χ3n) is 2.31. The molecular weight excluding hydrogens is 217 g/mol. The van der Waals surface area contributed by atoms with Crippen LogP contribution in [0.15, 0.2) is 18.2 Å². The summed E-state index contributed by atoms with van der Waals surface area (Å²) in [5, 5.41) is 20.1. The minimum absolute atomic E-state index is 0.0490. The largest absolute Gasteiger partial charge is 0.494 e. The number of hydrogen-bond acceptors (Lipinski definition) is 4. The fourth-order valence-electron chi connectivity index (χ4n) is 1.25. The average molecular weight is 229 g/mol. The molecule has 0 aromatic heterocycles. The fraction of sp³-hybridized carbons (Fsp3) is 0.400. The molecule has 0 bridgehead atoms. The van der Waals surface area contributed by atoms with Gasteiger partial charge in [0.25, 0.3) is 0 Å². The Balaban J connectivity index is 3.00. The first kappa shape index (κ1) is 12.4. The molecule has 0 fully saturated rings. The summed E-state index contributed by atoms with van der Waals surface area (Å²) in [4.78, 5) is 9.88. The van der Waals surface area contributed by atoms with Gasteiger partial charge in [-0.15, -0.1) is 0 Å². The lowest BCUT2D eigenvalue weighted by Crippen LogP contribution is -2.23. The van der Waals surface area contributed by atoms with Crippen LogP contribution in [0.25, 0.3) is 0 Å². The molecular formula is C10H12FNO4. The molecule has 2 unspecified atom stereocenters. The molecule has 2 atom stereocenters. The Morgan fingerprint density at radius 3 is 2.69 bits per heavy atom. The molecule has 6 heteroatoms. The molecule has 0 radical (unpaired) electrons. The summed E-state index contributed by atoms with van der Waals surface area (Å²) in [6.45, 7) is 1.28. The number of benzene rings is 1. The number of aliphatic hydroxyl groups is 1. The number of aliphatic hydroxyl groups excluding tert-OH is 1. The topological polar surface area (TPSA) is 72.6 Å². The van der Waals surface area contributed by atoms with Crippen molar-refractivity contribution in [1.82, 2.24) is 0 Å². The maximum atomic E-state index is 13.1. The van der Waals surface area contributed by atoms with Gasteiger partial charge in [0.2, 0.25) is 6.04 Å². The zero-order valence-corrected chi connectivity index (χ0v) is 8.88. The van der Waals surface area contributed by atoms with Gasteiger partial charge in [-0.1, -0.05) is 6.07 Å². The lowest BCUT2D eigenvalue weighted by atomic mass is 10.0. The summed E-state index contributed by atoms with van der Waals surface area (Å²) in [5.41, 5.74) is 0.252. The van der Waals surface area contributed by atoms with Crippen LogP contribution in [-0.2, 0) is 0 Å². The van der Waals surface area contributed by atoms with Crippen molar-refractivity contribution in [3.63, 3.8) is 0 Å². The van der Waals surface area contributed by atoms with Crippen LogP contribution >= 0.6 is 0 Å². The molecule has 0 aliphatic rings. The second-order valence-electron chi connectivity index (χ2n) is 3.36. The van der Waals surface area contributed by atoms with Crippen molar-refractivity contribution >= 4 is 0 Å². The quantitative estimate of drug-likeness (QED) is 0.627. The highest BCUT2D eigenvalue weighted by Gasteiger charge is 2.26. The highest BCUT2D eigenvalue weighted by Crippen LogP contribution is 2.25. The van der Waals surface area contributed by atoms with Crippen LogP contribution in [0.2, 0.25) is 0 Å². The summed E-state index contributed by atoms with van der Waals surface area (Å²) in [6, 6.07) is 2.49. The minimum Gasteiger partial charge on any atom is -0.494 e. The Morgan fingerprint density at radius 2 is 2.19 bits per heavy atom. The van der Waals surface area contributed by atoms with Crippen molar-refractivity contribution in [3.05, 3.63) is 39.7 Å². The molecule has 1 N–H and O–H groups in total. The molecule has 0 heterocycles. The van der Waals surface area contributed by atoms with Gasteiger partial charge in [-0.05, 0) is 17.7 Å². The molecule has 88 valence electrons. The van der Waals surface area contributed by atoms with E-state index in [4.69, 9.17) is 4.74 Å². The Morgan fingerprint density at radius 1 is 1.56 bits per heavy atom. The van der Waals surface area contributed by atoms with Crippen LogP contribution in [-0.4, -0.2) is 23.2 Å². The molecule has 0 aliphatic carbocycles. The fourth-order valence-corrected chi connectivity index (χ4v) is 1.25. The molecule has 0 spiro atoms. The standard InChI is InChI=1S/C10H12FNO4/c1-6(12(14)15)10(13)7-3-4-8(11)9(5-7)16-2/h3-6,10,13H,1-2H3. The van der Waals surface area contributed by atoms with Crippen molar-refractivity contribution in [2.45, 2.75) is 19.1 Å². The number of ether oxygens (including phenoxy) is 1. The van der Waals surface area contributed by atoms with E-state index in [0.717, 1.165) is 6.07 Å². The first-order valence-corrected chi connectivity index (χ1v) is 4.62. The Labute approximate surface area is 91.6 Å². The monoisotopic (exact) mass is 229 g/mol. The first-order valence-electron chi connectivity index (χ1n) is 4.62. The van der Waals surface area contributed by atoms with E-state index < -0.39 is 22.9 Å². The molecule has 0 saturated heterocycles. The van der Waals surface area contributed by atoms with E-state index in [1.165, 1.54) is 26.2 Å². The predicted octanol–water partition coefficient (Wildman–Crippen LogP) is 1.53. The van der Waals surface area contributed by atoms with Gasteiger partial charge in [0.1, 0.15) is 6.10 Å². The van der Waals surface area contributed by atoms with E-state index in [0.29, 0.717) is 0 Å². The van der Waals surface area contributed by atoms with Crippen LogP contribution in [0.3, 0.4) is 0 Å². The smallest absolute Gasteiger partial charge is 0.239 e. The van der Waals surface area contributed by atoms with Gasteiger partial charge >= 0.3 is 0 Å². The number of halogens is 1. The van der Waals surface area contributed by atoms with Gasteiger partial charge in [0.05, 0.1) is 7.11 Å². The summed E-state index contributed by atoms with van der Waals surface area (Å²) in [5.74, 6) is -0.626. The third kappa shape index (κ3) is 2.46. The van der Waals surface area contributed by atoms with E-state index in [-0.39, 0.29) is 11.3 Å². The molecule has 1 aromatic carbocycles. The van der Waals surface area contributed by atoms with Gasteiger partial charge in [-0.25, -0.2) is 4.39 Å². The SMILES string of the molecule is COc1cc(C(O)C(C)[N+](=O)[O-])ccc1F. The van der Waals surface area contributed by atoms with E-state index in [1.54, 1.807) is 0 Å². The van der Waals surface area contributed by atoms with Gasteiger partial charge in [-0.3, -0.25) is 10.1 Å². The van der Waals surface area contributed by atoms with Crippen molar-refractivity contribution in [3.8, 4) is 5.75 Å². The Kier molecular flexibility index (Phi) is 3.78. The van der Waals surface area contributed by atoms with Crippen LogP contribution in [0, 0.1) is 15.9 Å². The maximum Gasteiger partial charge on any atom is 0.239 e. The molecule has 0 amide bonds. The molecule has 5 nitrogen and oxygen atoms in total. The maximum absolute atomic E-state index is 13.1. The number of hydrogen-bond donors (Lipinski definition) is 1. The normalized spacial score (nSPS) is 14.2. The molecule has 1 rings (SSSR count). The highest BCUT2D eigenvalue weighted by atomic mass is 19.1. The Bertz CT molecular complexity index is 396. The number of nitrogens with zero attached hydrogens (tertiary/aromatic N) is 1. The average Bonchev–Trinajstić information content (AvgIpc) is 2.27. The molecule has 16 heavy (non-hydrogen) atoms. The molecule has 1 aromatic rings. The van der Waals surface area contributed by atoms with Gasteiger partial charge in [0.15, 0.2) is 11.6 Å². The Hall–Kier alpha value is -1.69. The van der Waals surface area contributed by atoms with Crippen LogP contribution < -0.4 is 4.74 Å². The summed E-state index contributed by atoms with van der Waals surface area (Å²) < 4.78 is 17.8. The van der Waals surface area contributed by atoms with Crippen LogP contribution in [0.1, 0.15) is 18.6 Å². The first-order chi connectivity index (χ1) is 7.47. The van der Waals surface area contributed by atoms with Crippen LogP contribution in [0.5, 0.6) is 5.75 Å². The number of rotatable bonds is 4. The summed E-state index contributed by atoms with van der Waals surface area (Å²) in [7, 11) is 1.28. The lowest BCUT2D eigenvalue weighted by molar-refractivity contribution is -0.531. The second-order valence-corrected chi connectivity index (χ2v) is 3.36. The minimum atomic E-state index is -1.29. The zero-order valence-electron chi connectivity index (χ0n) is 8.88. The predicted molar refractivity (Wildman–Crippen MR) is 54.4 cm³/mol. The molecule has 0 aliphatic heterocycles. The van der Waals surface area contributed by atoms with Gasteiger partial charge in [0, 0.05) is 11.8 Å². The highest BCUT2D eigenvalue weighted by molar-refractivity contribution is 5.31. The van der Waals surface area contributed by atoms with Crippen molar-refractivity contribution in [2.24, 2.45) is 0 Å². The van der Waals surface area contributed by atoms with Gasteiger partial charge < -0.3 is 9.84 Å². The van der Waals surface area contributed by atoms with Crippen molar-refractivity contribution in [1.29, 1.82) is 0 Å². The van der Waals surface area contributed by atoms with E-state index in [2.05, 4.69) is 0 Å². The lowest BCUT2D eigenvalue weighted by Gasteiger charge is -2.13. The number of nitro groups is 1. The number of methoxy groups -OCH3 is 1. The zero-order chi connectivity index (χ0) is 12.3. The van der Waals surface area contributed by atoms with E-state index in [9.17, 15) is 19.6 Å². The second kappa shape index (κ2) is 4.89. The van der Waals surface area contributed by atoms with Crippen molar-refractivity contribution in [2.75, 3.05) is 7.11 Å². The molecule has 0 saturated carbocycles. The van der Waals surface area contributed by atoms with Crippen molar-refractivity contribution < 1.29 is 19.2 Å².